The van der Waals surface area contributed by atoms with Gasteiger partial charge in [0.2, 0.25) is 6.29 Å². The number of rotatable bonds is 9. The number of halogens is 1. The number of nitrogens with one attached hydrogen (secondary N) is 1. The summed E-state index contributed by atoms with van der Waals surface area (Å²) in [6, 6.07) is 0.919. The van der Waals surface area contributed by atoms with Crippen LogP contribution in [0.1, 0.15) is 6.23 Å². The number of aromatic nitrogens is 2. The molecule has 3 rings (SSSR count). The van der Waals surface area contributed by atoms with Crippen LogP contribution in [0.2, 0.25) is 0 Å². The topological polar surface area (TPSA) is 277 Å². The smallest absolute Gasteiger partial charge is 0.394 e. The first-order valence-electron chi connectivity index (χ1n) is 9.95. The van der Waals surface area contributed by atoms with Crippen LogP contribution in [0.4, 0.5) is 4.39 Å². The molecule has 18 nitrogen and oxygen atoms in total. The zero-order chi connectivity index (χ0) is 27.0. The lowest BCUT2D eigenvalue weighted by Gasteiger charge is -2.38. The van der Waals surface area contributed by atoms with Gasteiger partial charge in [-0.15, -0.1) is 0 Å². The van der Waals surface area contributed by atoms with Crippen LogP contribution in [-0.2, 0) is 32.0 Å². The molecule has 0 amide bonds. The minimum absolute atomic E-state index is 0.711. The fourth-order valence-corrected chi connectivity index (χ4v) is 5.48. The Morgan fingerprint density at radius 2 is 1.64 bits per heavy atom. The van der Waals surface area contributed by atoms with Gasteiger partial charge in [0.15, 0.2) is 12.4 Å². The Kier molecular flexibility index (Phi) is 9.02. The van der Waals surface area contributed by atoms with E-state index in [0.29, 0.717) is 4.57 Å². The molecule has 3 heterocycles. The second-order valence-corrected chi connectivity index (χ2v) is 10.6. The van der Waals surface area contributed by atoms with Gasteiger partial charge >= 0.3 is 21.3 Å². The average Bonchev–Trinajstić information content (AvgIpc) is 3.06. The highest BCUT2D eigenvalue weighted by Crippen LogP contribution is 2.61. The van der Waals surface area contributed by atoms with Crippen LogP contribution < -0.4 is 11.2 Å². The Bertz CT molecular complexity index is 1130. The number of ether oxygens (including phenoxy) is 2. The summed E-state index contributed by atoms with van der Waals surface area (Å²) in [5.74, 6) is 0. The monoisotopic (exact) mass is 568 g/mol. The van der Waals surface area contributed by atoms with Crippen molar-refractivity contribution < 1.29 is 71.7 Å². The first-order valence-corrected chi connectivity index (χ1v) is 12.9. The molecule has 0 aromatic carbocycles. The van der Waals surface area contributed by atoms with E-state index in [1.807, 2.05) is 4.98 Å². The maximum Gasteiger partial charge on any atom is 0.483 e. The molecule has 1 aromatic heterocycles. The van der Waals surface area contributed by atoms with Gasteiger partial charge in [-0.2, -0.15) is 4.31 Å². The van der Waals surface area contributed by atoms with Crippen molar-refractivity contribution in [3.63, 3.8) is 0 Å². The molecule has 0 saturated carbocycles. The maximum absolute atomic E-state index is 14.1. The van der Waals surface area contributed by atoms with Gasteiger partial charge in [-0.3, -0.25) is 23.4 Å². The third kappa shape index (κ3) is 6.53. The molecule has 0 radical (unpaired) electrons. The molecule has 11 atom stereocenters. The van der Waals surface area contributed by atoms with Crippen molar-refractivity contribution in [1.29, 1.82) is 0 Å². The molecule has 0 bridgehead atoms. The van der Waals surface area contributed by atoms with Crippen molar-refractivity contribution in [2.45, 2.75) is 55.3 Å². The van der Waals surface area contributed by atoms with Crippen LogP contribution in [0.25, 0.3) is 0 Å². The maximum atomic E-state index is 14.1. The minimum atomic E-state index is -5.67. The van der Waals surface area contributed by atoms with E-state index in [4.69, 9.17) is 14.6 Å². The Hall–Kier alpha value is -1.41. The molecule has 1 aromatic rings. The molecular weight excluding hydrogens is 545 g/mol. The van der Waals surface area contributed by atoms with Crippen molar-refractivity contribution in [2.24, 2.45) is 0 Å². The second kappa shape index (κ2) is 11.1. The molecule has 21 heteroatoms. The van der Waals surface area contributed by atoms with Gasteiger partial charge in [0.25, 0.3) is 5.56 Å². The van der Waals surface area contributed by atoms with Gasteiger partial charge in [-0.25, -0.2) is 18.3 Å². The van der Waals surface area contributed by atoms with E-state index in [-0.39, 0.29) is 0 Å². The number of aromatic amines is 1. The highest BCUT2D eigenvalue weighted by molar-refractivity contribution is 7.61. The zero-order valence-corrected chi connectivity index (χ0v) is 19.6. The number of aliphatic hydroxyl groups excluding tert-OH is 5. The predicted molar refractivity (Wildman–Crippen MR) is 108 cm³/mol. The summed E-state index contributed by atoms with van der Waals surface area (Å²) in [5.41, 5.74) is -1.76. The Balaban J connectivity index is 1.61. The van der Waals surface area contributed by atoms with E-state index < -0.39 is 95.4 Å². The largest absolute Gasteiger partial charge is 0.483 e. The molecule has 2 aliphatic heterocycles. The molecule has 8 N–H and O–H groups in total. The van der Waals surface area contributed by atoms with Crippen molar-refractivity contribution in [3.8, 4) is 0 Å². The number of phosphoric acid groups is 2. The quantitative estimate of drug-likeness (QED) is 0.133. The van der Waals surface area contributed by atoms with E-state index in [1.54, 1.807) is 0 Å². The Morgan fingerprint density at radius 1 is 1.00 bits per heavy atom. The van der Waals surface area contributed by atoms with Crippen LogP contribution in [0.5, 0.6) is 0 Å². The molecule has 206 valence electrons. The number of nitrogens with zero attached hydrogens (tertiary/aromatic N) is 1. The van der Waals surface area contributed by atoms with Gasteiger partial charge in [-0.05, 0) is 0 Å². The van der Waals surface area contributed by atoms with Gasteiger partial charge in [-0.1, -0.05) is 0 Å². The van der Waals surface area contributed by atoms with Gasteiger partial charge in [0, 0.05) is 12.3 Å². The summed E-state index contributed by atoms with van der Waals surface area (Å²) in [5, 5.41) is 48.5. The summed E-state index contributed by atoms with van der Waals surface area (Å²) in [6.07, 6.45) is -16.6. The lowest BCUT2D eigenvalue weighted by molar-refractivity contribution is -0.265. The number of hydrogen-bond acceptors (Lipinski definition) is 14. The van der Waals surface area contributed by atoms with Crippen molar-refractivity contribution in [1.82, 2.24) is 9.55 Å². The minimum Gasteiger partial charge on any atom is -0.394 e. The van der Waals surface area contributed by atoms with Crippen LogP contribution in [0.15, 0.2) is 21.9 Å². The third-order valence-electron chi connectivity index (χ3n) is 5.11. The summed E-state index contributed by atoms with van der Waals surface area (Å²) < 4.78 is 61.7. The summed E-state index contributed by atoms with van der Waals surface area (Å²) in [7, 11) is -11.2. The molecule has 2 fully saturated rings. The van der Waals surface area contributed by atoms with E-state index >= 15 is 0 Å². The Labute approximate surface area is 199 Å². The van der Waals surface area contributed by atoms with E-state index in [1.165, 1.54) is 0 Å². The van der Waals surface area contributed by atoms with Crippen LogP contribution >= 0.6 is 15.6 Å². The lowest BCUT2D eigenvalue weighted by Crippen LogP contribution is -2.57. The van der Waals surface area contributed by atoms with Gasteiger partial charge in [0.05, 0.1) is 13.2 Å². The highest BCUT2D eigenvalue weighted by Gasteiger charge is 2.50. The Morgan fingerprint density at radius 3 is 2.25 bits per heavy atom. The number of aliphatic hydroxyl groups is 5. The van der Waals surface area contributed by atoms with Crippen molar-refractivity contribution in [3.05, 3.63) is 33.1 Å². The highest BCUT2D eigenvalue weighted by atomic mass is 31.3. The fraction of sp³-hybridized carbons (Fsp3) is 0.733. The normalized spacial score (nSPS) is 38.4. The second-order valence-electron chi connectivity index (χ2n) is 7.63. The number of phosphoric ester groups is 2. The third-order valence-corrected chi connectivity index (χ3v) is 7.71. The summed E-state index contributed by atoms with van der Waals surface area (Å²) in [4.78, 5) is 44.4. The van der Waals surface area contributed by atoms with Crippen LogP contribution in [0, 0.1) is 0 Å². The standard InChI is InChI=1S/C15H23FN2O16P2/c16-8-11(23)9(21)5(3-19)32-14(8)33-36(28,29)34-35(26,27)30-4-6-10(22)12(24)13(31-6)18-2-1-7(20)17-15(18)25/h1-2,5-6,8-14,19,21-24H,3-4H2,(H,26,27)(H,28,29)(H,17,20,25)/t5-,6-,8-,9-,10-,11-,12-,13?,14?/m1/s1. The molecule has 4 unspecified atom stereocenters. The van der Waals surface area contributed by atoms with E-state index in [9.17, 15) is 53.3 Å². The zero-order valence-electron chi connectivity index (χ0n) is 17.8. The van der Waals surface area contributed by atoms with Crippen molar-refractivity contribution >= 4 is 15.6 Å². The average molecular weight is 568 g/mol. The van der Waals surface area contributed by atoms with E-state index in [2.05, 4.69) is 13.4 Å². The lowest BCUT2D eigenvalue weighted by atomic mass is 10.0. The SMILES string of the molecule is O=c1ccn(C2O[C@H](COP(=O)(O)OP(=O)(O)OC3O[C@H](CO)[C@@H](O)[C@H](O)[C@H]3F)[C@@H](O)[C@H]2O)c(=O)[nH]1. The molecule has 2 saturated heterocycles. The molecule has 0 aliphatic carbocycles. The summed E-state index contributed by atoms with van der Waals surface area (Å²) >= 11 is 0. The number of alkyl halides is 1. The molecular formula is C15H23FN2O16P2. The van der Waals surface area contributed by atoms with Gasteiger partial charge < -0.3 is 44.8 Å². The van der Waals surface area contributed by atoms with Gasteiger partial charge in [0.1, 0.15) is 36.6 Å². The molecule has 36 heavy (non-hydrogen) atoms. The molecule has 0 spiro atoms. The summed E-state index contributed by atoms with van der Waals surface area (Å²) in [6.45, 7) is -2.01. The first kappa shape index (κ1) is 29.2. The van der Waals surface area contributed by atoms with Crippen molar-refractivity contribution in [2.75, 3.05) is 13.2 Å². The van der Waals surface area contributed by atoms with Crippen LogP contribution in [0.3, 0.4) is 0 Å². The number of H-pyrrole nitrogens is 1. The molecule has 2 aliphatic rings. The first-order chi connectivity index (χ1) is 16.7. The van der Waals surface area contributed by atoms with Crippen LogP contribution in [-0.4, -0.2) is 107 Å². The number of hydrogen-bond donors (Lipinski definition) is 8. The van der Waals surface area contributed by atoms with E-state index in [0.717, 1.165) is 12.3 Å². The predicted octanol–water partition coefficient (Wildman–Crippen LogP) is -3.82. The fourth-order valence-electron chi connectivity index (χ4n) is 3.33.